The minimum absolute atomic E-state index is 0.115. The molecule has 0 spiro atoms. The first kappa shape index (κ1) is 14.2. The quantitative estimate of drug-likeness (QED) is 0.914. The van der Waals surface area contributed by atoms with Crippen molar-refractivity contribution in [3.05, 3.63) is 58.6 Å². The Bertz CT molecular complexity index is 608. The zero-order valence-electron chi connectivity index (χ0n) is 10.8. The zero-order valence-corrected chi connectivity index (χ0v) is 11.6. The molecule has 0 aliphatic carbocycles. The van der Waals surface area contributed by atoms with Gasteiger partial charge in [0, 0.05) is 5.02 Å². The number of carbonyl (C=O) groups is 1. The molecule has 0 radical (unpaired) electrons. The van der Waals surface area contributed by atoms with Gasteiger partial charge in [-0.2, -0.15) is 0 Å². The van der Waals surface area contributed by atoms with Crippen molar-refractivity contribution in [2.45, 2.75) is 6.61 Å². The molecule has 0 aliphatic heterocycles. The lowest BCUT2D eigenvalue weighted by Gasteiger charge is -2.09. The van der Waals surface area contributed by atoms with Crippen molar-refractivity contribution in [1.82, 2.24) is 0 Å². The molecule has 0 fully saturated rings. The highest BCUT2D eigenvalue weighted by Gasteiger charge is 2.11. The molecule has 2 aromatic carbocycles. The molecule has 0 aromatic heterocycles. The van der Waals surface area contributed by atoms with Crippen LogP contribution < -0.4 is 9.47 Å². The molecule has 0 saturated carbocycles. The smallest absolute Gasteiger partial charge is 0.339 e. The number of methoxy groups -OCH3 is 1. The standard InChI is InChI=1S/C15H13ClO4/c1-19-14-7-2-10(8-13(14)15(17)18)9-20-12-5-3-11(16)4-6-12/h2-8H,9H2,1H3,(H,17,18). The van der Waals surface area contributed by atoms with Crippen LogP contribution in [0, 0.1) is 0 Å². The van der Waals surface area contributed by atoms with Gasteiger partial charge in [0.2, 0.25) is 0 Å². The number of carboxylic acid groups (broad SMARTS) is 1. The summed E-state index contributed by atoms with van der Waals surface area (Å²) in [7, 11) is 1.44. The lowest BCUT2D eigenvalue weighted by atomic mass is 10.1. The Morgan fingerprint density at radius 3 is 2.50 bits per heavy atom. The molecule has 0 heterocycles. The number of halogens is 1. The normalized spacial score (nSPS) is 10.1. The van der Waals surface area contributed by atoms with Gasteiger partial charge in [0.05, 0.1) is 7.11 Å². The Morgan fingerprint density at radius 1 is 1.20 bits per heavy atom. The van der Waals surface area contributed by atoms with E-state index in [-0.39, 0.29) is 12.2 Å². The molecule has 20 heavy (non-hydrogen) atoms. The van der Waals surface area contributed by atoms with Crippen LogP contribution in [0.25, 0.3) is 0 Å². The van der Waals surface area contributed by atoms with Gasteiger partial charge in [0.1, 0.15) is 23.7 Å². The first-order valence-electron chi connectivity index (χ1n) is 5.88. The van der Waals surface area contributed by atoms with Crippen LogP contribution in [0.5, 0.6) is 11.5 Å². The van der Waals surface area contributed by atoms with E-state index >= 15 is 0 Å². The van der Waals surface area contributed by atoms with Crippen molar-refractivity contribution in [2.75, 3.05) is 7.11 Å². The predicted octanol–water partition coefficient (Wildman–Crippen LogP) is 3.63. The molecule has 0 unspecified atom stereocenters. The van der Waals surface area contributed by atoms with Crippen molar-refractivity contribution >= 4 is 17.6 Å². The number of ether oxygens (including phenoxy) is 2. The Morgan fingerprint density at radius 2 is 1.90 bits per heavy atom. The van der Waals surface area contributed by atoms with E-state index < -0.39 is 5.97 Å². The topological polar surface area (TPSA) is 55.8 Å². The first-order valence-corrected chi connectivity index (χ1v) is 6.26. The Labute approximate surface area is 121 Å². The number of benzene rings is 2. The van der Waals surface area contributed by atoms with Gasteiger partial charge in [-0.15, -0.1) is 0 Å². The minimum atomic E-state index is -1.03. The van der Waals surface area contributed by atoms with Crippen LogP contribution in [0.15, 0.2) is 42.5 Å². The predicted molar refractivity (Wildman–Crippen MR) is 75.7 cm³/mol. The van der Waals surface area contributed by atoms with Gasteiger partial charge in [-0.05, 0) is 42.0 Å². The SMILES string of the molecule is COc1ccc(COc2ccc(Cl)cc2)cc1C(=O)O. The summed E-state index contributed by atoms with van der Waals surface area (Å²) < 4.78 is 10.6. The molecule has 0 saturated heterocycles. The van der Waals surface area contributed by atoms with E-state index in [0.29, 0.717) is 16.5 Å². The lowest BCUT2D eigenvalue weighted by molar-refractivity contribution is 0.0693. The third kappa shape index (κ3) is 3.42. The molecule has 1 N–H and O–H groups in total. The van der Waals surface area contributed by atoms with Crippen molar-refractivity contribution in [2.24, 2.45) is 0 Å². The number of hydrogen-bond donors (Lipinski definition) is 1. The summed E-state index contributed by atoms with van der Waals surface area (Å²) in [5.74, 6) is -0.0370. The van der Waals surface area contributed by atoms with Crippen LogP contribution in [0.1, 0.15) is 15.9 Å². The van der Waals surface area contributed by atoms with E-state index in [2.05, 4.69) is 0 Å². The van der Waals surface area contributed by atoms with Crippen molar-refractivity contribution in [3.8, 4) is 11.5 Å². The molecule has 0 amide bonds. The summed E-state index contributed by atoms with van der Waals surface area (Å²) in [6.45, 7) is 0.270. The maximum atomic E-state index is 11.1. The summed E-state index contributed by atoms with van der Waals surface area (Å²) in [6.07, 6.45) is 0. The number of aromatic carboxylic acids is 1. The summed E-state index contributed by atoms with van der Waals surface area (Å²) in [6, 6.07) is 11.9. The van der Waals surface area contributed by atoms with E-state index in [1.165, 1.54) is 13.2 Å². The second kappa shape index (κ2) is 6.30. The van der Waals surface area contributed by atoms with Crippen LogP contribution in [-0.4, -0.2) is 18.2 Å². The van der Waals surface area contributed by atoms with Crippen molar-refractivity contribution in [3.63, 3.8) is 0 Å². The fourth-order valence-electron chi connectivity index (χ4n) is 1.71. The molecule has 0 aliphatic rings. The molecule has 2 rings (SSSR count). The van der Waals surface area contributed by atoms with E-state index in [9.17, 15) is 4.79 Å². The molecule has 5 heteroatoms. The summed E-state index contributed by atoms with van der Waals surface area (Å²) in [4.78, 5) is 11.1. The van der Waals surface area contributed by atoms with Crippen molar-refractivity contribution < 1.29 is 19.4 Å². The monoisotopic (exact) mass is 292 g/mol. The molecule has 2 aromatic rings. The third-order valence-corrected chi connectivity index (χ3v) is 2.97. The zero-order chi connectivity index (χ0) is 14.5. The highest BCUT2D eigenvalue weighted by Crippen LogP contribution is 2.21. The molecule has 4 nitrogen and oxygen atoms in total. The van der Waals surface area contributed by atoms with Gasteiger partial charge >= 0.3 is 5.97 Å². The van der Waals surface area contributed by atoms with E-state index in [1.807, 2.05) is 0 Å². The first-order chi connectivity index (χ1) is 9.60. The van der Waals surface area contributed by atoms with Crippen LogP contribution in [0.3, 0.4) is 0 Å². The molecular weight excluding hydrogens is 280 g/mol. The Hall–Kier alpha value is -2.20. The van der Waals surface area contributed by atoms with E-state index in [1.54, 1.807) is 36.4 Å². The van der Waals surface area contributed by atoms with Crippen molar-refractivity contribution in [1.29, 1.82) is 0 Å². The fraction of sp³-hybridized carbons (Fsp3) is 0.133. The fourth-order valence-corrected chi connectivity index (χ4v) is 1.84. The molecule has 0 atom stereocenters. The summed E-state index contributed by atoms with van der Waals surface area (Å²) in [5, 5.41) is 9.74. The average molecular weight is 293 g/mol. The second-order valence-corrected chi connectivity index (χ2v) is 4.52. The second-order valence-electron chi connectivity index (χ2n) is 4.08. The van der Waals surface area contributed by atoms with Gasteiger partial charge < -0.3 is 14.6 Å². The molecular formula is C15H13ClO4. The summed E-state index contributed by atoms with van der Waals surface area (Å²) in [5.41, 5.74) is 0.864. The minimum Gasteiger partial charge on any atom is -0.496 e. The van der Waals surface area contributed by atoms with E-state index in [0.717, 1.165) is 5.56 Å². The van der Waals surface area contributed by atoms with Crippen LogP contribution >= 0.6 is 11.6 Å². The van der Waals surface area contributed by atoms with E-state index in [4.69, 9.17) is 26.2 Å². The number of rotatable bonds is 5. The van der Waals surface area contributed by atoms with Gasteiger partial charge in [-0.25, -0.2) is 4.79 Å². The summed E-state index contributed by atoms with van der Waals surface area (Å²) >= 11 is 5.78. The van der Waals surface area contributed by atoms with Crippen LogP contribution in [-0.2, 0) is 6.61 Å². The maximum absolute atomic E-state index is 11.1. The maximum Gasteiger partial charge on any atom is 0.339 e. The highest BCUT2D eigenvalue weighted by molar-refractivity contribution is 6.30. The van der Waals surface area contributed by atoms with Gasteiger partial charge in [0.15, 0.2) is 0 Å². The van der Waals surface area contributed by atoms with Gasteiger partial charge in [-0.1, -0.05) is 17.7 Å². The molecule has 104 valence electrons. The van der Waals surface area contributed by atoms with Crippen LogP contribution in [0.4, 0.5) is 0 Å². The third-order valence-electron chi connectivity index (χ3n) is 2.71. The van der Waals surface area contributed by atoms with Gasteiger partial charge in [0.25, 0.3) is 0 Å². The number of carboxylic acids is 1. The number of hydrogen-bond acceptors (Lipinski definition) is 3. The Kier molecular flexibility index (Phi) is 4.48. The molecule has 0 bridgehead atoms. The highest BCUT2D eigenvalue weighted by atomic mass is 35.5. The largest absolute Gasteiger partial charge is 0.496 e. The Balaban J connectivity index is 2.11. The van der Waals surface area contributed by atoms with Gasteiger partial charge in [-0.3, -0.25) is 0 Å². The average Bonchev–Trinajstić information content (AvgIpc) is 2.46. The lowest BCUT2D eigenvalue weighted by Crippen LogP contribution is -2.03. The van der Waals surface area contributed by atoms with Crippen LogP contribution in [0.2, 0.25) is 5.02 Å².